The van der Waals surface area contributed by atoms with Gasteiger partial charge in [0, 0.05) is 6.42 Å². The number of nitriles is 1. The lowest BCUT2D eigenvalue weighted by molar-refractivity contribution is 0.248. The van der Waals surface area contributed by atoms with Crippen molar-refractivity contribution < 1.29 is 9.47 Å². The molecule has 0 aromatic heterocycles. The molecule has 4 nitrogen and oxygen atoms in total. The monoisotopic (exact) mass is 268 g/mol. The van der Waals surface area contributed by atoms with E-state index in [2.05, 4.69) is 6.07 Å². The van der Waals surface area contributed by atoms with E-state index >= 15 is 0 Å². The Labute approximate surface area is 118 Å². The van der Waals surface area contributed by atoms with Gasteiger partial charge in [0.05, 0.1) is 24.5 Å². The molecule has 0 saturated heterocycles. The van der Waals surface area contributed by atoms with Crippen LogP contribution < -0.4 is 15.2 Å². The first-order chi connectivity index (χ1) is 9.81. The minimum absolute atomic E-state index is 0.491. The second-order valence-electron chi connectivity index (χ2n) is 4.20. The summed E-state index contributed by atoms with van der Waals surface area (Å²) in [6, 6.07) is 16.7. The molecule has 0 fully saturated rings. The largest absolute Gasteiger partial charge is 0.492 e. The molecule has 0 heterocycles. The second kappa shape index (κ2) is 7.05. The van der Waals surface area contributed by atoms with Crippen molar-refractivity contribution in [3.8, 4) is 17.6 Å². The van der Waals surface area contributed by atoms with Gasteiger partial charge >= 0.3 is 0 Å². The van der Waals surface area contributed by atoms with Crippen LogP contribution in [0.1, 0.15) is 12.0 Å². The fourth-order valence-electron chi connectivity index (χ4n) is 1.72. The SMILES string of the molecule is N#Cc1ccccc1OCCCOc1ccccc1N. The predicted octanol–water partition coefficient (Wildman–Crippen LogP) is 2.99. The normalized spacial score (nSPS) is 9.75. The van der Waals surface area contributed by atoms with Crippen molar-refractivity contribution in [3.05, 3.63) is 54.1 Å². The first-order valence-corrected chi connectivity index (χ1v) is 6.40. The number of ether oxygens (including phenoxy) is 2. The highest BCUT2D eigenvalue weighted by atomic mass is 16.5. The van der Waals surface area contributed by atoms with E-state index in [1.54, 1.807) is 18.2 Å². The quantitative estimate of drug-likeness (QED) is 0.646. The van der Waals surface area contributed by atoms with Gasteiger partial charge in [-0.15, -0.1) is 0 Å². The highest BCUT2D eigenvalue weighted by Gasteiger charge is 2.02. The number of hydrogen-bond acceptors (Lipinski definition) is 4. The molecular formula is C16H16N2O2. The number of nitrogens with two attached hydrogens (primary N) is 1. The van der Waals surface area contributed by atoms with Crippen LogP contribution in [0.3, 0.4) is 0 Å². The minimum Gasteiger partial charge on any atom is -0.492 e. The zero-order valence-corrected chi connectivity index (χ0v) is 11.1. The zero-order chi connectivity index (χ0) is 14.2. The van der Waals surface area contributed by atoms with Crippen molar-refractivity contribution in [1.29, 1.82) is 5.26 Å². The molecule has 0 aliphatic carbocycles. The topological polar surface area (TPSA) is 68.3 Å². The van der Waals surface area contributed by atoms with E-state index in [1.807, 2.05) is 30.3 Å². The number of rotatable bonds is 6. The molecule has 2 rings (SSSR count). The molecule has 0 radical (unpaired) electrons. The van der Waals surface area contributed by atoms with Crippen LogP contribution in [-0.4, -0.2) is 13.2 Å². The average Bonchev–Trinajstić information content (AvgIpc) is 2.49. The van der Waals surface area contributed by atoms with Gasteiger partial charge in [-0.2, -0.15) is 5.26 Å². The van der Waals surface area contributed by atoms with Gasteiger partial charge in [0.15, 0.2) is 0 Å². The number of benzene rings is 2. The summed E-state index contributed by atoms with van der Waals surface area (Å²) in [6.45, 7) is 1.01. The highest BCUT2D eigenvalue weighted by molar-refractivity contribution is 5.51. The number of hydrogen-bond donors (Lipinski definition) is 1. The Kier molecular flexibility index (Phi) is 4.85. The van der Waals surface area contributed by atoms with E-state index in [9.17, 15) is 0 Å². The standard InChI is InChI=1S/C16H16N2O2/c17-12-13-6-1-3-8-15(13)19-10-5-11-20-16-9-4-2-7-14(16)18/h1-4,6-9H,5,10-11,18H2. The van der Waals surface area contributed by atoms with Crippen molar-refractivity contribution in [3.63, 3.8) is 0 Å². The third-order valence-corrected chi connectivity index (χ3v) is 2.73. The maximum atomic E-state index is 8.93. The van der Waals surface area contributed by atoms with Crippen LogP contribution in [0.25, 0.3) is 0 Å². The van der Waals surface area contributed by atoms with E-state index in [0.29, 0.717) is 42.4 Å². The zero-order valence-electron chi connectivity index (χ0n) is 11.1. The fraction of sp³-hybridized carbons (Fsp3) is 0.188. The van der Waals surface area contributed by atoms with Crippen LogP contribution >= 0.6 is 0 Å². The Morgan fingerprint density at radius 1 is 0.900 bits per heavy atom. The Bertz CT molecular complexity index is 605. The number of nitrogen functional groups attached to an aromatic ring is 1. The van der Waals surface area contributed by atoms with Crippen molar-refractivity contribution in [1.82, 2.24) is 0 Å². The molecule has 0 atom stereocenters. The van der Waals surface area contributed by atoms with Crippen LogP contribution in [-0.2, 0) is 0 Å². The summed E-state index contributed by atoms with van der Waals surface area (Å²) in [6.07, 6.45) is 0.716. The molecule has 0 bridgehead atoms. The van der Waals surface area contributed by atoms with Crippen LogP contribution in [0.4, 0.5) is 5.69 Å². The number of anilines is 1. The predicted molar refractivity (Wildman–Crippen MR) is 77.6 cm³/mol. The van der Waals surface area contributed by atoms with Gasteiger partial charge in [-0.1, -0.05) is 24.3 Å². The maximum absolute atomic E-state index is 8.93. The van der Waals surface area contributed by atoms with Gasteiger partial charge in [0.25, 0.3) is 0 Å². The lowest BCUT2D eigenvalue weighted by Gasteiger charge is -2.10. The molecule has 0 amide bonds. The average molecular weight is 268 g/mol. The molecule has 4 heteroatoms. The van der Waals surface area contributed by atoms with Crippen molar-refractivity contribution in [2.45, 2.75) is 6.42 Å². The van der Waals surface area contributed by atoms with Crippen molar-refractivity contribution in [2.75, 3.05) is 18.9 Å². The van der Waals surface area contributed by atoms with Gasteiger partial charge in [-0.25, -0.2) is 0 Å². The maximum Gasteiger partial charge on any atom is 0.142 e. The third-order valence-electron chi connectivity index (χ3n) is 2.73. The third kappa shape index (κ3) is 3.66. The molecule has 102 valence electrons. The van der Waals surface area contributed by atoms with Gasteiger partial charge in [0.1, 0.15) is 17.6 Å². The van der Waals surface area contributed by atoms with Crippen molar-refractivity contribution in [2.24, 2.45) is 0 Å². The van der Waals surface area contributed by atoms with Crippen LogP contribution in [0, 0.1) is 11.3 Å². The molecule has 0 spiro atoms. The lowest BCUT2D eigenvalue weighted by atomic mass is 10.2. The van der Waals surface area contributed by atoms with Crippen LogP contribution in [0.5, 0.6) is 11.5 Å². The summed E-state index contributed by atoms with van der Waals surface area (Å²) in [7, 11) is 0. The summed E-state index contributed by atoms with van der Waals surface area (Å²) < 4.78 is 11.1. The molecular weight excluding hydrogens is 252 g/mol. The Morgan fingerprint density at radius 3 is 2.20 bits per heavy atom. The lowest BCUT2D eigenvalue weighted by Crippen LogP contribution is -2.06. The van der Waals surface area contributed by atoms with Gasteiger partial charge in [-0.3, -0.25) is 0 Å². The molecule has 2 aromatic rings. The second-order valence-corrected chi connectivity index (χ2v) is 4.20. The molecule has 0 aliphatic rings. The first kappa shape index (κ1) is 13.8. The van der Waals surface area contributed by atoms with E-state index in [1.165, 1.54) is 0 Å². The van der Waals surface area contributed by atoms with Gasteiger partial charge < -0.3 is 15.2 Å². The Hall–Kier alpha value is -2.67. The molecule has 0 aliphatic heterocycles. The summed E-state index contributed by atoms with van der Waals surface area (Å²) in [5.74, 6) is 1.29. The van der Waals surface area contributed by atoms with Gasteiger partial charge in [-0.05, 0) is 24.3 Å². The van der Waals surface area contributed by atoms with E-state index in [4.69, 9.17) is 20.5 Å². The van der Waals surface area contributed by atoms with E-state index in [0.717, 1.165) is 0 Å². The molecule has 20 heavy (non-hydrogen) atoms. The molecule has 2 N–H and O–H groups in total. The Morgan fingerprint density at radius 2 is 1.50 bits per heavy atom. The molecule has 2 aromatic carbocycles. The smallest absolute Gasteiger partial charge is 0.142 e. The summed E-state index contributed by atoms with van der Waals surface area (Å²) in [5, 5.41) is 8.93. The molecule has 0 saturated carbocycles. The first-order valence-electron chi connectivity index (χ1n) is 6.40. The number of para-hydroxylation sites is 3. The van der Waals surface area contributed by atoms with E-state index < -0.39 is 0 Å². The van der Waals surface area contributed by atoms with Gasteiger partial charge in [0.2, 0.25) is 0 Å². The highest BCUT2D eigenvalue weighted by Crippen LogP contribution is 2.20. The van der Waals surface area contributed by atoms with Crippen molar-refractivity contribution >= 4 is 5.69 Å². The van der Waals surface area contributed by atoms with Crippen LogP contribution in [0.2, 0.25) is 0 Å². The van der Waals surface area contributed by atoms with Crippen LogP contribution in [0.15, 0.2) is 48.5 Å². The summed E-state index contributed by atoms with van der Waals surface area (Å²) in [4.78, 5) is 0. The summed E-state index contributed by atoms with van der Waals surface area (Å²) in [5.41, 5.74) is 6.94. The van der Waals surface area contributed by atoms with E-state index in [-0.39, 0.29) is 0 Å². The summed E-state index contributed by atoms with van der Waals surface area (Å²) >= 11 is 0. The number of nitrogens with zero attached hydrogens (tertiary/aromatic N) is 1. The molecule has 0 unspecified atom stereocenters. The minimum atomic E-state index is 0.491. The Balaban J connectivity index is 1.75. The fourth-order valence-corrected chi connectivity index (χ4v) is 1.72.